The van der Waals surface area contributed by atoms with Gasteiger partial charge < -0.3 is 5.73 Å². The van der Waals surface area contributed by atoms with E-state index in [9.17, 15) is 8.60 Å². The van der Waals surface area contributed by atoms with Crippen LogP contribution < -0.4 is 5.73 Å². The number of hydrogen-bond acceptors (Lipinski definition) is 2. The van der Waals surface area contributed by atoms with Crippen molar-refractivity contribution in [1.29, 1.82) is 0 Å². The molecular weight excluding hydrogens is 201 g/mol. The molecule has 4 heteroatoms. The fourth-order valence-corrected chi connectivity index (χ4v) is 2.30. The average molecular weight is 215 g/mol. The molecule has 1 aromatic carbocycles. The summed E-state index contributed by atoms with van der Waals surface area (Å²) in [5, 5.41) is 0. The van der Waals surface area contributed by atoms with E-state index in [-0.39, 0.29) is 5.69 Å². The lowest BCUT2D eigenvalue weighted by molar-refractivity contribution is 0.631. The van der Waals surface area contributed by atoms with E-state index in [1.54, 1.807) is 6.07 Å². The first-order chi connectivity index (χ1) is 6.63. The van der Waals surface area contributed by atoms with Gasteiger partial charge in [0.15, 0.2) is 0 Å². The van der Waals surface area contributed by atoms with Gasteiger partial charge in [-0.1, -0.05) is 13.0 Å². The zero-order valence-corrected chi connectivity index (χ0v) is 8.94. The zero-order valence-electron chi connectivity index (χ0n) is 8.13. The molecule has 78 valence electrons. The molecule has 0 spiro atoms. The molecule has 1 aromatic rings. The topological polar surface area (TPSA) is 43.1 Å². The van der Waals surface area contributed by atoms with Crippen LogP contribution in [0.3, 0.4) is 0 Å². The first kappa shape index (κ1) is 11.2. The van der Waals surface area contributed by atoms with Crippen LogP contribution in [-0.2, 0) is 16.6 Å². The quantitative estimate of drug-likeness (QED) is 0.781. The van der Waals surface area contributed by atoms with Gasteiger partial charge in [0.05, 0.1) is 5.69 Å². The van der Waals surface area contributed by atoms with Crippen molar-refractivity contribution >= 4 is 16.5 Å². The molecule has 0 saturated carbocycles. The molecule has 2 nitrogen and oxygen atoms in total. The molecule has 0 aliphatic heterocycles. The number of nitrogens with two attached hydrogens (primary N) is 1. The lowest BCUT2D eigenvalue weighted by Gasteiger charge is -2.02. The Bertz CT molecular complexity index is 341. The van der Waals surface area contributed by atoms with Gasteiger partial charge in [-0.25, -0.2) is 4.39 Å². The Hall–Kier alpha value is -0.900. The van der Waals surface area contributed by atoms with Crippen LogP contribution in [0.4, 0.5) is 10.1 Å². The van der Waals surface area contributed by atoms with E-state index in [0.717, 1.165) is 12.0 Å². The molecule has 0 saturated heterocycles. The predicted octanol–water partition coefficient (Wildman–Crippen LogP) is 2.07. The summed E-state index contributed by atoms with van der Waals surface area (Å²) in [6.07, 6.45) is 0.879. The van der Waals surface area contributed by atoms with Gasteiger partial charge in [0.2, 0.25) is 0 Å². The van der Waals surface area contributed by atoms with Crippen molar-refractivity contribution in [3.63, 3.8) is 0 Å². The first-order valence-corrected chi connectivity index (χ1v) is 6.01. The highest BCUT2D eigenvalue weighted by Crippen LogP contribution is 2.13. The molecule has 1 atom stereocenters. The Kier molecular flexibility index (Phi) is 4.07. The molecule has 0 fully saturated rings. The summed E-state index contributed by atoms with van der Waals surface area (Å²) in [7, 11) is -0.893. The second-order valence-corrected chi connectivity index (χ2v) is 4.72. The highest BCUT2D eigenvalue weighted by Gasteiger charge is 2.03. The summed E-state index contributed by atoms with van der Waals surface area (Å²) in [6, 6.07) is 4.57. The molecule has 0 aromatic heterocycles. The first-order valence-electron chi connectivity index (χ1n) is 4.52. The molecular formula is C10H14FNOS. The van der Waals surface area contributed by atoms with Crippen LogP contribution in [0.25, 0.3) is 0 Å². The van der Waals surface area contributed by atoms with Crippen LogP contribution in [0.15, 0.2) is 18.2 Å². The number of benzene rings is 1. The minimum absolute atomic E-state index is 0.134. The normalized spacial score (nSPS) is 12.7. The molecule has 0 heterocycles. The standard InChI is InChI=1S/C10H14FNOS/c1-2-5-14(13)7-8-3-4-10(12)9(11)6-8/h3-4,6H,2,5,7,12H2,1H3. The Labute approximate surface area is 85.8 Å². The van der Waals surface area contributed by atoms with Gasteiger partial charge in [-0.2, -0.15) is 0 Å². The third-order valence-electron chi connectivity index (χ3n) is 1.82. The van der Waals surface area contributed by atoms with Gasteiger partial charge >= 0.3 is 0 Å². The number of rotatable bonds is 4. The Morgan fingerprint density at radius 2 is 2.21 bits per heavy atom. The van der Waals surface area contributed by atoms with Crippen LogP contribution in [-0.4, -0.2) is 9.96 Å². The summed E-state index contributed by atoms with van der Waals surface area (Å²) >= 11 is 0. The monoisotopic (exact) mass is 215 g/mol. The van der Waals surface area contributed by atoms with Gasteiger partial charge in [0, 0.05) is 22.3 Å². The zero-order chi connectivity index (χ0) is 10.6. The van der Waals surface area contributed by atoms with E-state index in [0.29, 0.717) is 11.5 Å². The van der Waals surface area contributed by atoms with Crippen molar-refractivity contribution in [2.24, 2.45) is 0 Å². The fraction of sp³-hybridized carbons (Fsp3) is 0.400. The smallest absolute Gasteiger partial charge is 0.146 e. The van der Waals surface area contributed by atoms with Crippen molar-refractivity contribution in [2.45, 2.75) is 19.1 Å². The van der Waals surface area contributed by atoms with Gasteiger partial charge in [-0.15, -0.1) is 0 Å². The third-order valence-corrected chi connectivity index (χ3v) is 3.34. The minimum Gasteiger partial charge on any atom is -0.396 e. The van der Waals surface area contributed by atoms with Crippen LogP contribution in [0, 0.1) is 5.82 Å². The van der Waals surface area contributed by atoms with E-state index < -0.39 is 16.6 Å². The second kappa shape index (κ2) is 5.10. The van der Waals surface area contributed by atoms with Crippen molar-refractivity contribution < 1.29 is 8.60 Å². The molecule has 0 bridgehead atoms. The highest BCUT2D eigenvalue weighted by atomic mass is 32.2. The van der Waals surface area contributed by atoms with Crippen LogP contribution >= 0.6 is 0 Å². The molecule has 0 aliphatic rings. The molecule has 2 N–H and O–H groups in total. The maximum Gasteiger partial charge on any atom is 0.146 e. The number of hydrogen-bond donors (Lipinski definition) is 1. The maximum absolute atomic E-state index is 13.0. The largest absolute Gasteiger partial charge is 0.396 e. The number of halogens is 1. The van der Waals surface area contributed by atoms with Gasteiger partial charge in [0.25, 0.3) is 0 Å². The Balaban J connectivity index is 2.68. The highest BCUT2D eigenvalue weighted by molar-refractivity contribution is 7.84. The summed E-state index contributed by atoms with van der Waals surface area (Å²) in [4.78, 5) is 0. The van der Waals surface area contributed by atoms with Gasteiger partial charge in [0.1, 0.15) is 5.82 Å². The summed E-state index contributed by atoms with van der Waals surface area (Å²) < 4.78 is 24.4. The van der Waals surface area contributed by atoms with E-state index >= 15 is 0 Å². The predicted molar refractivity (Wildman–Crippen MR) is 57.8 cm³/mol. The third kappa shape index (κ3) is 3.10. The lowest BCUT2D eigenvalue weighted by Crippen LogP contribution is -2.01. The molecule has 1 unspecified atom stereocenters. The van der Waals surface area contributed by atoms with Crippen LogP contribution in [0.2, 0.25) is 0 Å². The molecule has 0 amide bonds. The molecule has 14 heavy (non-hydrogen) atoms. The van der Waals surface area contributed by atoms with E-state index in [4.69, 9.17) is 5.73 Å². The van der Waals surface area contributed by atoms with Gasteiger partial charge in [-0.3, -0.25) is 4.21 Å². The second-order valence-electron chi connectivity index (χ2n) is 3.14. The lowest BCUT2D eigenvalue weighted by atomic mass is 10.2. The van der Waals surface area contributed by atoms with Gasteiger partial charge in [-0.05, 0) is 24.1 Å². The summed E-state index contributed by atoms with van der Waals surface area (Å²) in [5.41, 5.74) is 6.20. The fourth-order valence-electron chi connectivity index (χ4n) is 1.15. The van der Waals surface area contributed by atoms with E-state index in [1.807, 2.05) is 6.92 Å². The summed E-state index contributed by atoms with van der Waals surface area (Å²) in [5.74, 6) is 0.632. The van der Waals surface area contributed by atoms with E-state index in [1.165, 1.54) is 12.1 Å². The summed E-state index contributed by atoms with van der Waals surface area (Å²) in [6.45, 7) is 1.97. The molecule has 0 radical (unpaired) electrons. The van der Waals surface area contributed by atoms with Crippen molar-refractivity contribution in [3.05, 3.63) is 29.6 Å². The van der Waals surface area contributed by atoms with Crippen molar-refractivity contribution in [2.75, 3.05) is 11.5 Å². The van der Waals surface area contributed by atoms with Crippen molar-refractivity contribution in [1.82, 2.24) is 0 Å². The molecule has 1 rings (SSSR count). The minimum atomic E-state index is -0.893. The van der Waals surface area contributed by atoms with Crippen molar-refractivity contribution in [3.8, 4) is 0 Å². The SMILES string of the molecule is CCCS(=O)Cc1ccc(N)c(F)c1. The Morgan fingerprint density at radius 1 is 1.50 bits per heavy atom. The average Bonchev–Trinajstić information content (AvgIpc) is 2.12. The maximum atomic E-state index is 13.0. The van der Waals surface area contributed by atoms with Crippen LogP contribution in [0.5, 0.6) is 0 Å². The number of nitrogen functional groups attached to an aromatic ring is 1. The Morgan fingerprint density at radius 3 is 2.79 bits per heavy atom. The number of anilines is 1. The van der Waals surface area contributed by atoms with Crippen LogP contribution in [0.1, 0.15) is 18.9 Å². The van der Waals surface area contributed by atoms with E-state index in [2.05, 4.69) is 0 Å². The molecule has 0 aliphatic carbocycles.